The van der Waals surface area contributed by atoms with Gasteiger partial charge in [0.05, 0.1) is 13.2 Å². The molecule has 30 heavy (non-hydrogen) atoms. The fourth-order valence-corrected chi connectivity index (χ4v) is 3.50. The third kappa shape index (κ3) is 21.6. The topological polar surface area (TPSA) is 52.6 Å². The normalized spacial score (nSPS) is 11.5. The van der Waals surface area contributed by atoms with E-state index >= 15 is 0 Å². The van der Waals surface area contributed by atoms with Crippen LogP contribution in [0.3, 0.4) is 0 Å². The highest BCUT2D eigenvalue weighted by Gasteiger charge is 2.15. The van der Waals surface area contributed by atoms with Gasteiger partial charge in [0.15, 0.2) is 0 Å². The molecule has 0 aliphatic rings. The molecular weight excluding hydrogens is 376 g/mol. The fraction of sp³-hybridized carbons (Fsp3) is 0.923. The molecule has 0 aliphatic carbocycles. The fourth-order valence-electron chi connectivity index (χ4n) is 3.50. The first-order chi connectivity index (χ1) is 14.3. The minimum absolute atomic E-state index is 0.0305. The highest BCUT2D eigenvalue weighted by molar-refractivity contribution is 5.73. The Kier molecular flexibility index (Phi) is 19.2. The SMILES string of the molecule is CC(C)CCCCCCCOC(=O)CC(C)CC(=O)OCCCCCCCC(C)C. The minimum Gasteiger partial charge on any atom is -0.466 e. The first-order valence-electron chi connectivity index (χ1n) is 12.6. The lowest BCUT2D eigenvalue weighted by atomic mass is 10.0. The number of ether oxygens (including phenoxy) is 2. The number of hydrogen-bond donors (Lipinski definition) is 0. The molecular formula is C26H50O4. The zero-order valence-electron chi connectivity index (χ0n) is 20.7. The Hall–Kier alpha value is -1.06. The minimum atomic E-state index is -0.198. The zero-order valence-corrected chi connectivity index (χ0v) is 20.7. The summed E-state index contributed by atoms with van der Waals surface area (Å²) in [5.74, 6) is 1.15. The van der Waals surface area contributed by atoms with Crippen molar-refractivity contribution in [1.29, 1.82) is 0 Å². The van der Waals surface area contributed by atoms with Crippen LogP contribution in [-0.4, -0.2) is 25.2 Å². The van der Waals surface area contributed by atoms with Crippen molar-refractivity contribution in [3.8, 4) is 0 Å². The zero-order chi connectivity index (χ0) is 22.6. The van der Waals surface area contributed by atoms with E-state index in [0.29, 0.717) is 26.1 Å². The molecule has 0 bridgehead atoms. The average molecular weight is 427 g/mol. The molecule has 0 heterocycles. The molecule has 0 unspecified atom stereocenters. The second-order valence-corrected chi connectivity index (χ2v) is 9.85. The van der Waals surface area contributed by atoms with Gasteiger partial charge in [-0.3, -0.25) is 9.59 Å². The second kappa shape index (κ2) is 19.9. The third-order valence-corrected chi connectivity index (χ3v) is 5.41. The van der Waals surface area contributed by atoms with E-state index in [2.05, 4.69) is 27.7 Å². The van der Waals surface area contributed by atoms with Crippen LogP contribution in [0.2, 0.25) is 0 Å². The predicted molar refractivity (Wildman–Crippen MR) is 125 cm³/mol. The standard InChI is InChI=1S/C26H50O4/c1-22(2)16-12-8-6-10-14-18-29-25(27)20-24(5)21-26(28)30-19-15-11-7-9-13-17-23(3)4/h22-24H,6-21H2,1-5H3. The van der Waals surface area contributed by atoms with Crippen molar-refractivity contribution < 1.29 is 19.1 Å². The first kappa shape index (κ1) is 28.9. The first-order valence-corrected chi connectivity index (χ1v) is 12.6. The van der Waals surface area contributed by atoms with Gasteiger partial charge in [-0.25, -0.2) is 0 Å². The number of esters is 2. The van der Waals surface area contributed by atoms with Gasteiger partial charge >= 0.3 is 11.9 Å². The molecule has 0 aromatic heterocycles. The molecule has 0 saturated carbocycles. The van der Waals surface area contributed by atoms with Gasteiger partial charge in [0.2, 0.25) is 0 Å². The van der Waals surface area contributed by atoms with Crippen molar-refractivity contribution in [3.63, 3.8) is 0 Å². The highest BCUT2D eigenvalue weighted by atomic mass is 16.5. The number of unbranched alkanes of at least 4 members (excludes halogenated alkanes) is 8. The van der Waals surface area contributed by atoms with E-state index in [1.807, 2.05) is 6.92 Å². The predicted octanol–water partition coefficient (Wildman–Crippen LogP) is 7.48. The van der Waals surface area contributed by atoms with Gasteiger partial charge in [-0.2, -0.15) is 0 Å². The van der Waals surface area contributed by atoms with E-state index in [9.17, 15) is 9.59 Å². The summed E-state index contributed by atoms with van der Waals surface area (Å²) in [5.41, 5.74) is 0. The quantitative estimate of drug-likeness (QED) is 0.149. The molecule has 0 N–H and O–H groups in total. The molecule has 0 aliphatic heterocycles. The molecule has 0 atom stereocenters. The molecule has 0 rings (SSSR count). The van der Waals surface area contributed by atoms with E-state index in [-0.39, 0.29) is 17.9 Å². The molecule has 0 radical (unpaired) electrons. The van der Waals surface area contributed by atoms with Crippen molar-refractivity contribution >= 4 is 11.9 Å². The van der Waals surface area contributed by atoms with Crippen LogP contribution in [-0.2, 0) is 19.1 Å². The summed E-state index contributed by atoms with van der Waals surface area (Å²) in [6, 6.07) is 0. The van der Waals surface area contributed by atoms with Crippen LogP contribution >= 0.6 is 0 Å². The Labute approximate surface area is 186 Å². The molecule has 0 fully saturated rings. The van der Waals surface area contributed by atoms with Crippen molar-refractivity contribution in [2.45, 2.75) is 125 Å². The van der Waals surface area contributed by atoms with Crippen LogP contribution < -0.4 is 0 Å². The Bertz CT molecular complexity index is 379. The maximum atomic E-state index is 11.9. The Morgan fingerprint density at radius 3 is 1.23 bits per heavy atom. The van der Waals surface area contributed by atoms with Gasteiger partial charge in [-0.1, -0.05) is 98.8 Å². The number of rotatable bonds is 20. The Morgan fingerprint density at radius 1 is 0.533 bits per heavy atom. The summed E-state index contributed by atoms with van der Waals surface area (Å²) in [7, 11) is 0. The summed E-state index contributed by atoms with van der Waals surface area (Å²) in [4.78, 5) is 23.8. The molecule has 4 nitrogen and oxygen atoms in total. The van der Waals surface area contributed by atoms with E-state index in [4.69, 9.17) is 9.47 Å². The number of carbonyl (C=O) groups excluding carboxylic acids is 2. The lowest BCUT2D eigenvalue weighted by molar-refractivity contribution is -0.147. The average Bonchev–Trinajstić information content (AvgIpc) is 2.65. The number of hydrogen-bond acceptors (Lipinski definition) is 4. The van der Waals surface area contributed by atoms with Gasteiger partial charge in [0.1, 0.15) is 0 Å². The molecule has 4 heteroatoms. The van der Waals surface area contributed by atoms with Crippen LogP contribution in [0.1, 0.15) is 125 Å². The number of carbonyl (C=O) groups is 2. The van der Waals surface area contributed by atoms with Crippen molar-refractivity contribution in [2.75, 3.05) is 13.2 Å². The van der Waals surface area contributed by atoms with Gasteiger partial charge in [0, 0.05) is 12.8 Å². The van der Waals surface area contributed by atoms with Crippen molar-refractivity contribution in [2.24, 2.45) is 17.8 Å². The molecule has 0 saturated heterocycles. The molecule has 0 aromatic carbocycles. The van der Waals surface area contributed by atoms with Gasteiger partial charge in [0.25, 0.3) is 0 Å². The third-order valence-electron chi connectivity index (χ3n) is 5.41. The second-order valence-electron chi connectivity index (χ2n) is 9.85. The monoisotopic (exact) mass is 426 g/mol. The Balaban J connectivity index is 3.52. The van der Waals surface area contributed by atoms with E-state index in [0.717, 1.165) is 37.5 Å². The summed E-state index contributed by atoms with van der Waals surface area (Å²) in [5, 5.41) is 0. The van der Waals surface area contributed by atoms with Crippen molar-refractivity contribution in [1.82, 2.24) is 0 Å². The molecule has 178 valence electrons. The van der Waals surface area contributed by atoms with Gasteiger partial charge in [-0.05, 0) is 30.6 Å². The largest absolute Gasteiger partial charge is 0.466 e. The lowest BCUT2D eigenvalue weighted by Gasteiger charge is -2.11. The van der Waals surface area contributed by atoms with Crippen molar-refractivity contribution in [3.05, 3.63) is 0 Å². The molecule has 0 amide bonds. The summed E-state index contributed by atoms with van der Waals surface area (Å²) in [6.45, 7) is 11.9. The summed E-state index contributed by atoms with van der Waals surface area (Å²) >= 11 is 0. The van der Waals surface area contributed by atoms with Crippen LogP contribution in [0.25, 0.3) is 0 Å². The van der Waals surface area contributed by atoms with E-state index in [1.165, 1.54) is 51.4 Å². The Morgan fingerprint density at radius 2 is 0.867 bits per heavy atom. The van der Waals surface area contributed by atoms with Crippen LogP contribution in [0, 0.1) is 17.8 Å². The van der Waals surface area contributed by atoms with Gasteiger partial charge < -0.3 is 9.47 Å². The van der Waals surface area contributed by atoms with Crippen LogP contribution in [0.5, 0.6) is 0 Å². The summed E-state index contributed by atoms with van der Waals surface area (Å²) in [6.07, 6.45) is 14.8. The molecule has 0 aromatic rings. The van der Waals surface area contributed by atoms with E-state index in [1.54, 1.807) is 0 Å². The molecule has 0 spiro atoms. The van der Waals surface area contributed by atoms with Crippen LogP contribution in [0.4, 0.5) is 0 Å². The maximum Gasteiger partial charge on any atom is 0.306 e. The van der Waals surface area contributed by atoms with E-state index < -0.39 is 0 Å². The maximum absolute atomic E-state index is 11.9. The smallest absolute Gasteiger partial charge is 0.306 e. The summed E-state index contributed by atoms with van der Waals surface area (Å²) < 4.78 is 10.6. The van der Waals surface area contributed by atoms with Gasteiger partial charge in [-0.15, -0.1) is 0 Å². The highest BCUT2D eigenvalue weighted by Crippen LogP contribution is 2.13. The van der Waals surface area contributed by atoms with Crippen LogP contribution in [0.15, 0.2) is 0 Å². The lowest BCUT2D eigenvalue weighted by Crippen LogP contribution is -2.15.